The Bertz CT molecular complexity index is 255. The maximum Gasteiger partial charge on any atom is 0.355 e. The minimum absolute atomic E-state index is 0.273. The molecule has 4 heteroatoms. The fraction of sp³-hybridized carbons (Fsp3) is 0.400. The van der Waals surface area contributed by atoms with E-state index in [2.05, 4.69) is 0 Å². The number of benzene rings is 1. The van der Waals surface area contributed by atoms with E-state index in [1.807, 2.05) is 26.0 Å². The van der Waals surface area contributed by atoms with Crippen molar-refractivity contribution >= 4 is 14.5 Å². The monoisotopic (exact) mass is 212 g/mol. The van der Waals surface area contributed by atoms with Gasteiger partial charge in [0.2, 0.25) is 0 Å². The van der Waals surface area contributed by atoms with Gasteiger partial charge in [0.05, 0.1) is 0 Å². The average Bonchev–Trinajstić information content (AvgIpc) is 2.19. The highest BCUT2D eigenvalue weighted by molar-refractivity contribution is 6.61. The van der Waals surface area contributed by atoms with Crippen LogP contribution in [0.2, 0.25) is 0 Å². The Morgan fingerprint density at radius 2 is 1.57 bits per heavy atom. The van der Waals surface area contributed by atoms with Crippen LogP contribution in [0.5, 0.6) is 5.75 Å². The highest BCUT2D eigenvalue weighted by Gasteiger charge is 2.14. The van der Waals surface area contributed by atoms with E-state index in [0.717, 1.165) is 5.19 Å². The van der Waals surface area contributed by atoms with Gasteiger partial charge in [-0.15, -0.1) is 0 Å². The first-order chi connectivity index (χ1) is 6.77. The molecule has 0 saturated heterocycles. The van der Waals surface area contributed by atoms with Crippen LogP contribution in [0.15, 0.2) is 24.3 Å². The summed E-state index contributed by atoms with van der Waals surface area (Å²) in [7, 11) is -1.72. The lowest BCUT2D eigenvalue weighted by molar-refractivity contribution is 0.225. The first-order valence-corrected chi connectivity index (χ1v) is 6.32. The second-order valence-electron chi connectivity index (χ2n) is 2.83. The van der Waals surface area contributed by atoms with Crippen LogP contribution in [-0.4, -0.2) is 27.6 Å². The molecule has 0 unspecified atom stereocenters. The molecular weight excluding hydrogens is 196 g/mol. The van der Waals surface area contributed by atoms with Crippen LogP contribution >= 0.6 is 0 Å². The van der Waals surface area contributed by atoms with Gasteiger partial charge in [0.1, 0.15) is 5.75 Å². The number of hydrogen-bond donors (Lipinski definition) is 1. The van der Waals surface area contributed by atoms with Gasteiger partial charge in [0.25, 0.3) is 0 Å². The first kappa shape index (κ1) is 11.2. The molecule has 0 amide bonds. The molecule has 0 spiro atoms. The minimum atomic E-state index is -1.72. The summed E-state index contributed by atoms with van der Waals surface area (Å²) in [5.41, 5.74) is 0. The Morgan fingerprint density at radius 3 is 2.00 bits per heavy atom. The Morgan fingerprint density at radius 1 is 1.07 bits per heavy atom. The fourth-order valence-corrected chi connectivity index (χ4v) is 2.77. The summed E-state index contributed by atoms with van der Waals surface area (Å²) in [5.74, 6) is 0.273. The molecule has 0 radical (unpaired) electrons. The molecule has 1 aromatic rings. The number of phenolic OH excluding ortho intramolecular Hbond substituents is 1. The third kappa shape index (κ3) is 3.14. The molecule has 0 aliphatic carbocycles. The van der Waals surface area contributed by atoms with Crippen molar-refractivity contribution in [2.45, 2.75) is 13.8 Å². The lowest BCUT2D eigenvalue weighted by Gasteiger charge is -2.14. The molecular formula is C10H16O3Si. The van der Waals surface area contributed by atoms with Crippen LogP contribution in [0.3, 0.4) is 0 Å². The minimum Gasteiger partial charge on any atom is -0.508 e. The third-order valence-corrected chi connectivity index (χ3v) is 4.00. The average molecular weight is 212 g/mol. The molecule has 1 N–H and O–H groups in total. The lowest BCUT2D eigenvalue weighted by Crippen LogP contribution is -2.36. The van der Waals surface area contributed by atoms with E-state index in [0.29, 0.717) is 13.2 Å². The summed E-state index contributed by atoms with van der Waals surface area (Å²) in [5, 5.41) is 10.2. The van der Waals surface area contributed by atoms with Gasteiger partial charge in [-0.05, 0) is 31.2 Å². The SMILES string of the molecule is CCO[SiH](OCC)c1ccc(O)cc1. The lowest BCUT2D eigenvalue weighted by atomic mass is 10.3. The van der Waals surface area contributed by atoms with Crippen LogP contribution in [0, 0.1) is 0 Å². The summed E-state index contributed by atoms with van der Waals surface area (Å²) >= 11 is 0. The summed E-state index contributed by atoms with van der Waals surface area (Å²) in [6.07, 6.45) is 0. The van der Waals surface area contributed by atoms with Crippen molar-refractivity contribution in [3.05, 3.63) is 24.3 Å². The predicted molar refractivity (Wildman–Crippen MR) is 58.1 cm³/mol. The molecule has 1 rings (SSSR count). The smallest absolute Gasteiger partial charge is 0.355 e. The summed E-state index contributed by atoms with van der Waals surface area (Å²) < 4.78 is 11.1. The largest absolute Gasteiger partial charge is 0.508 e. The van der Waals surface area contributed by atoms with Gasteiger partial charge in [-0.2, -0.15) is 0 Å². The van der Waals surface area contributed by atoms with Crippen molar-refractivity contribution in [1.82, 2.24) is 0 Å². The molecule has 0 heterocycles. The molecule has 3 nitrogen and oxygen atoms in total. The van der Waals surface area contributed by atoms with Crippen molar-refractivity contribution in [2.24, 2.45) is 0 Å². The van der Waals surface area contributed by atoms with Gasteiger partial charge in [-0.3, -0.25) is 0 Å². The van der Waals surface area contributed by atoms with Gasteiger partial charge in [0.15, 0.2) is 0 Å². The van der Waals surface area contributed by atoms with E-state index < -0.39 is 9.28 Å². The maximum atomic E-state index is 9.13. The Kier molecular flexibility index (Phi) is 4.65. The van der Waals surface area contributed by atoms with E-state index in [1.54, 1.807) is 12.1 Å². The number of rotatable bonds is 5. The van der Waals surface area contributed by atoms with Crippen molar-refractivity contribution in [3.8, 4) is 5.75 Å². The maximum absolute atomic E-state index is 9.13. The molecule has 0 bridgehead atoms. The Labute approximate surface area is 86.1 Å². The molecule has 0 aromatic heterocycles. The molecule has 78 valence electrons. The van der Waals surface area contributed by atoms with Crippen molar-refractivity contribution in [2.75, 3.05) is 13.2 Å². The van der Waals surface area contributed by atoms with Crippen LogP contribution < -0.4 is 5.19 Å². The van der Waals surface area contributed by atoms with Crippen LogP contribution in [-0.2, 0) is 8.85 Å². The standard InChI is InChI=1S/C10H16O3Si/c1-3-12-14(13-4-2)10-7-5-9(11)6-8-10/h5-8,11,14H,3-4H2,1-2H3. The van der Waals surface area contributed by atoms with E-state index in [4.69, 9.17) is 14.0 Å². The molecule has 0 atom stereocenters. The van der Waals surface area contributed by atoms with Crippen molar-refractivity contribution < 1.29 is 14.0 Å². The van der Waals surface area contributed by atoms with E-state index in [1.165, 1.54) is 0 Å². The molecule has 0 aliphatic heterocycles. The normalized spacial score (nSPS) is 10.8. The van der Waals surface area contributed by atoms with Gasteiger partial charge in [0, 0.05) is 13.2 Å². The zero-order valence-electron chi connectivity index (χ0n) is 8.56. The van der Waals surface area contributed by atoms with E-state index in [-0.39, 0.29) is 5.75 Å². The number of phenols is 1. The van der Waals surface area contributed by atoms with Gasteiger partial charge in [-0.25, -0.2) is 0 Å². The number of hydrogen-bond acceptors (Lipinski definition) is 3. The molecule has 0 fully saturated rings. The fourth-order valence-electron chi connectivity index (χ4n) is 1.17. The van der Waals surface area contributed by atoms with E-state index >= 15 is 0 Å². The van der Waals surface area contributed by atoms with Crippen LogP contribution in [0.25, 0.3) is 0 Å². The summed E-state index contributed by atoms with van der Waals surface area (Å²) in [4.78, 5) is 0. The topological polar surface area (TPSA) is 38.7 Å². The van der Waals surface area contributed by atoms with Crippen molar-refractivity contribution in [1.29, 1.82) is 0 Å². The quantitative estimate of drug-likeness (QED) is 0.737. The van der Waals surface area contributed by atoms with Gasteiger partial charge >= 0.3 is 9.28 Å². The zero-order valence-corrected chi connectivity index (χ0v) is 9.72. The van der Waals surface area contributed by atoms with Crippen LogP contribution in [0.1, 0.15) is 13.8 Å². The highest BCUT2D eigenvalue weighted by atomic mass is 28.3. The first-order valence-electron chi connectivity index (χ1n) is 4.80. The molecule has 0 saturated carbocycles. The van der Waals surface area contributed by atoms with Gasteiger partial charge < -0.3 is 14.0 Å². The second kappa shape index (κ2) is 5.80. The summed E-state index contributed by atoms with van der Waals surface area (Å²) in [6.45, 7) is 5.24. The van der Waals surface area contributed by atoms with Gasteiger partial charge in [-0.1, -0.05) is 12.1 Å². The zero-order chi connectivity index (χ0) is 10.4. The van der Waals surface area contributed by atoms with E-state index in [9.17, 15) is 0 Å². The Hall–Kier alpha value is -0.843. The predicted octanol–water partition coefficient (Wildman–Crippen LogP) is 0.893. The molecule has 0 aliphatic rings. The third-order valence-electron chi connectivity index (χ3n) is 1.80. The second-order valence-corrected chi connectivity index (χ2v) is 4.83. The summed E-state index contributed by atoms with van der Waals surface area (Å²) in [6, 6.07) is 7.04. The Balaban J connectivity index is 2.71. The number of aromatic hydroxyl groups is 1. The highest BCUT2D eigenvalue weighted by Crippen LogP contribution is 2.04. The van der Waals surface area contributed by atoms with Crippen LogP contribution in [0.4, 0.5) is 0 Å². The molecule has 1 aromatic carbocycles. The molecule has 14 heavy (non-hydrogen) atoms. The van der Waals surface area contributed by atoms with Crippen molar-refractivity contribution in [3.63, 3.8) is 0 Å².